The van der Waals surface area contributed by atoms with Crippen molar-refractivity contribution in [3.63, 3.8) is 0 Å². The average Bonchev–Trinajstić information content (AvgIpc) is 2.82. The highest BCUT2D eigenvalue weighted by molar-refractivity contribution is 6.30. The smallest absolute Gasteiger partial charge is 0.116 e. The average molecular weight is 270 g/mol. The van der Waals surface area contributed by atoms with Crippen LogP contribution in [0.1, 0.15) is 0 Å². The summed E-state index contributed by atoms with van der Waals surface area (Å²) < 4.78 is 1.77. The number of benzene rings is 2. The molecule has 0 aliphatic heterocycles. The summed E-state index contributed by atoms with van der Waals surface area (Å²) in [6, 6.07) is 17.4. The first-order valence-corrected chi connectivity index (χ1v) is 6.28. The maximum Gasteiger partial charge on any atom is 0.116 e. The van der Waals surface area contributed by atoms with Gasteiger partial charge in [-0.3, -0.25) is 0 Å². The van der Waals surface area contributed by atoms with Gasteiger partial charge in [-0.2, -0.15) is 5.10 Å². The molecule has 0 amide bonds. The molecule has 0 spiro atoms. The molecule has 94 valence electrons. The predicted octanol–water partition coefficient (Wildman–Crippen LogP) is 3.77. The largest absolute Gasteiger partial charge is 0.396 e. The SMILES string of the molecule is Nc1cn(-c2ccccc2)nc1-c1cccc(Cl)c1. The fraction of sp³-hybridized carbons (Fsp3) is 0. The third kappa shape index (κ3) is 2.33. The van der Waals surface area contributed by atoms with Crippen LogP contribution in [0.15, 0.2) is 60.8 Å². The summed E-state index contributed by atoms with van der Waals surface area (Å²) >= 11 is 6.00. The number of hydrogen-bond donors (Lipinski definition) is 1. The van der Waals surface area contributed by atoms with Gasteiger partial charge in [-0.25, -0.2) is 4.68 Å². The maximum absolute atomic E-state index is 6.03. The highest BCUT2D eigenvalue weighted by atomic mass is 35.5. The Kier molecular flexibility index (Phi) is 2.97. The van der Waals surface area contributed by atoms with Gasteiger partial charge in [0, 0.05) is 10.6 Å². The molecule has 0 fully saturated rings. The van der Waals surface area contributed by atoms with Crippen LogP contribution in [0.2, 0.25) is 5.02 Å². The molecular formula is C15H12ClN3. The van der Waals surface area contributed by atoms with Gasteiger partial charge >= 0.3 is 0 Å². The van der Waals surface area contributed by atoms with Gasteiger partial charge in [-0.05, 0) is 24.3 Å². The van der Waals surface area contributed by atoms with E-state index in [9.17, 15) is 0 Å². The molecule has 3 nitrogen and oxygen atoms in total. The summed E-state index contributed by atoms with van der Waals surface area (Å²) in [6.45, 7) is 0. The van der Waals surface area contributed by atoms with E-state index in [4.69, 9.17) is 17.3 Å². The Bertz CT molecular complexity index is 704. The van der Waals surface area contributed by atoms with Gasteiger partial charge in [-0.1, -0.05) is 41.9 Å². The van der Waals surface area contributed by atoms with E-state index in [1.165, 1.54) is 0 Å². The van der Waals surface area contributed by atoms with Crippen molar-refractivity contribution < 1.29 is 0 Å². The van der Waals surface area contributed by atoms with Crippen molar-refractivity contribution in [1.82, 2.24) is 9.78 Å². The summed E-state index contributed by atoms with van der Waals surface area (Å²) in [4.78, 5) is 0. The van der Waals surface area contributed by atoms with Crippen molar-refractivity contribution in [3.05, 3.63) is 65.8 Å². The van der Waals surface area contributed by atoms with Gasteiger partial charge in [0.05, 0.1) is 17.6 Å². The van der Waals surface area contributed by atoms with Crippen molar-refractivity contribution in [2.24, 2.45) is 0 Å². The molecule has 19 heavy (non-hydrogen) atoms. The molecule has 1 heterocycles. The number of nitrogen functional groups attached to an aromatic ring is 1. The lowest BCUT2D eigenvalue weighted by Gasteiger charge is -2.00. The molecule has 0 radical (unpaired) electrons. The number of nitrogens with two attached hydrogens (primary N) is 1. The number of rotatable bonds is 2. The van der Waals surface area contributed by atoms with Crippen LogP contribution in [0.3, 0.4) is 0 Å². The van der Waals surface area contributed by atoms with Crippen LogP contribution in [-0.4, -0.2) is 9.78 Å². The quantitative estimate of drug-likeness (QED) is 0.769. The number of anilines is 1. The fourth-order valence-corrected chi connectivity index (χ4v) is 2.15. The first-order valence-electron chi connectivity index (χ1n) is 5.90. The minimum absolute atomic E-state index is 0.631. The summed E-state index contributed by atoms with van der Waals surface area (Å²) in [7, 11) is 0. The van der Waals surface area contributed by atoms with Gasteiger partial charge in [0.25, 0.3) is 0 Å². The number of hydrogen-bond acceptors (Lipinski definition) is 2. The Morgan fingerprint density at radius 3 is 2.53 bits per heavy atom. The third-order valence-corrected chi connectivity index (χ3v) is 3.10. The van der Waals surface area contributed by atoms with E-state index in [1.807, 2.05) is 60.8 Å². The molecule has 0 atom stereocenters. The maximum atomic E-state index is 6.03. The lowest BCUT2D eigenvalue weighted by molar-refractivity contribution is 0.884. The van der Waals surface area contributed by atoms with E-state index >= 15 is 0 Å². The zero-order valence-corrected chi connectivity index (χ0v) is 10.9. The Morgan fingerprint density at radius 1 is 1.00 bits per heavy atom. The Balaban J connectivity index is 2.08. The van der Waals surface area contributed by atoms with Gasteiger partial charge in [0.15, 0.2) is 0 Å². The van der Waals surface area contributed by atoms with E-state index in [2.05, 4.69) is 5.10 Å². The van der Waals surface area contributed by atoms with Crippen molar-refractivity contribution in [2.45, 2.75) is 0 Å². The minimum atomic E-state index is 0.631. The molecule has 0 saturated heterocycles. The van der Waals surface area contributed by atoms with Crippen LogP contribution in [0.4, 0.5) is 5.69 Å². The van der Waals surface area contributed by atoms with Gasteiger partial charge in [0.1, 0.15) is 5.69 Å². The first-order chi connectivity index (χ1) is 9.24. The highest BCUT2D eigenvalue weighted by Gasteiger charge is 2.09. The zero-order valence-electron chi connectivity index (χ0n) is 10.1. The molecule has 4 heteroatoms. The second kappa shape index (κ2) is 4.78. The summed E-state index contributed by atoms with van der Waals surface area (Å²) in [5.74, 6) is 0. The van der Waals surface area contributed by atoms with E-state index in [0.29, 0.717) is 10.7 Å². The van der Waals surface area contributed by atoms with Gasteiger partial charge in [-0.15, -0.1) is 0 Å². The number of nitrogens with zero attached hydrogens (tertiary/aromatic N) is 2. The topological polar surface area (TPSA) is 43.8 Å². The molecule has 1 aromatic heterocycles. The molecule has 2 aromatic carbocycles. The van der Waals surface area contributed by atoms with Crippen LogP contribution in [0.5, 0.6) is 0 Å². The molecule has 3 aromatic rings. The second-order valence-electron chi connectivity index (χ2n) is 4.22. The van der Waals surface area contributed by atoms with Gasteiger partial charge < -0.3 is 5.73 Å². The number of para-hydroxylation sites is 1. The minimum Gasteiger partial charge on any atom is -0.396 e. The van der Waals surface area contributed by atoms with Crippen LogP contribution < -0.4 is 5.73 Å². The van der Waals surface area contributed by atoms with Crippen molar-refractivity contribution in [2.75, 3.05) is 5.73 Å². The summed E-state index contributed by atoms with van der Waals surface area (Å²) in [5.41, 5.74) is 9.30. The highest BCUT2D eigenvalue weighted by Crippen LogP contribution is 2.27. The van der Waals surface area contributed by atoms with E-state index in [1.54, 1.807) is 4.68 Å². The normalized spacial score (nSPS) is 10.6. The van der Waals surface area contributed by atoms with Crippen molar-refractivity contribution in [3.8, 4) is 16.9 Å². The molecule has 2 N–H and O–H groups in total. The van der Waals surface area contributed by atoms with Crippen LogP contribution in [0, 0.1) is 0 Å². The van der Waals surface area contributed by atoms with Crippen molar-refractivity contribution >= 4 is 17.3 Å². The van der Waals surface area contributed by atoms with E-state index < -0.39 is 0 Å². The molecule has 0 aliphatic rings. The molecule has 0 bridgehead atoms. The van der Waals surface area contributed by atoms with Crippen molar-refractivity contribution in [1.29, 1.82) is 0 Å². The molecule has 3 rings (SSSR count). The number of aromatic nitrogens is 2. The fourth-order valence-electron chi connectivity index (χ4n) is 1.96. The first kappa shape index (κ1) is 11.8. The Morgan fingerprint density at radius 2 is 1.79 bits per heavy atom. The number of halogens is 1. The zero-order chi connectivity index (χ0) is 13.2. The van der Waals surface area contributed by atoms with Crippen LogP contribution in [0.25, 0.3) is 16.9 Å². The Labute approximate surface area is 116 Å². The standard InChI is InChI=1S/C15H12ClN3/c16-12-6-4-5-11(9-12)15-14(17)10-19(18-15)13-7-2-1-3-8-13/h1-10H,17H2. The lowest BCUT2D eigenvalue weighted by Crippen LogP contribution is -1.93. The molecular weight excluding hydrogens is 258 g/mol. The molecule has 0 saturated carbocycles. The lowest BCUT2D eigenvalue weighted by atomic mass is 10.1. The third-order valence-electron chi connectivity index (χ3n) is 2.86. The second-order valence-corrected chi connectivity index (χ2v) is 4.66. The molecule has 0 unspecified atom stereocenters. The van der Waals surface area contributed by atoms with Crippen LogP contribution in [-0.2, 0) is 0 Å². The van der Waals surface area contributed by atoms with Crippen LogP contribution >= 0.6 is 11.6 Å². The monoisotopic (exact) mass is 269 g/mol. The van der Waals surface area contributed by atoms with E-state index in [0.717, 1.165) is 16.9 Å². The summed E-state index contributed by atoms with van der Waals surface area (Å²) in [6.07, 6.45) is 1.81. The Hall–Kier alpha value is -2.26. The van der Waals surface area contributed by atoms with Gasteiger partial charge in [0.2, 0.25) is 0 Å². The predicted molar refractivity (Wildman–Crippen MR) is 78.4 cm³/mol. The molecule has 0 aliphatic carbocycles. The summed E-state index contributed by atoms with van der Waals surface area (Å²) in [5, 5.41) is 5.20. The van der Waals surface area contributed by atoms with E-state index in [-0.39, 0.29) is 0 Å².